The maximum absolute atomic E-state index is 13.0. The first-order chi connectivity index (χ1) is 44.9. The van der Waals surface area contributed by atoms with E-state index in [1.165, 1.54) is 199 Å². The van der Waals surface area contributed by atoms with Crippen LogP contribution >= 0.6 is 15.6 Å². The summed E-state index contributed by atoms with van der Waals surface area (Å²) in [6, 6.07) is 0. The third-order valence-electron chi connectivity index (χ3n) is 17.6. The fraction of sp³-hybridized carbons (Fsp3) is 0.946. The Bertz CT molecular complexity index is 1810. The van der Waals surface area contributed by atoms with Crippen LogP contribution in [0.5, 0.6) is 0 Å². The number of carbonyl (C=O) groups excluding carboxylic acids is 4. The number of unbranched alkanes of at least 4 members (excludes halogenated alkanes) is 42. The lowest BCUT2D eigenvalue weighted by Gasteiger charge is -2.21. The quantitative estimate of drug-likeness (QED) is 0.0222. The van der Waals surface area contributed by atoms with Crippen molar-refractivity contribution in [2.75, 3.05) is 39.6 Å². The molecule has 0 saturated carbocycles. The minimum Gasteiger partial charge on any atom is -0.462 e. The van der Waals surface area contributed by atoms with Gasteiger partial charge in [0.2, 0.25) is 0 Å². The van der Waals surface area contributed by atoms with Crippen molar-refractivity contribution in [2.24, 2.45) is 11.8 Å². The van der Waals surface area contributed by atoms with Crippen molar-refractivity contribution in [3.05, 3.63) is 0 Å². The maximum Gasteiger partial charge on any atom is 0.472 e. The Balaban J connectivity index is 5.15. The third kappa shape index (κ3) is 67.0. The summed E-state index contributed by atoms with van der Waals surface area (Å²) in [6.07, 6.45) is 53.0. The Morgan fingerprint density at radius 3 is 0.817 bits per heavy atom. The molecule has 0 spiro atoms. The standard InChI is InChI=1S/C74H144O17P2/c1-7-10-12-14-16-18-20-21-22-23-24-25-26-27-28-29-30-31-33-39-46-52-58-73(78)90-69(62-85-72(77)57-51-45-38-35-34-36-42-48-54-66(4)5)64-88-92(80,81)86-60-68(75)61-87-93(82,83)89-65-70(91-74(79)59-53-47-41-40-43-49-55-67(6)9-3)63-84-71(76)56-50-44-37-32-19-17-15-13-11-8-2/h66-70,75H,7-65H2,1-6H3,(H,80,81)(H,82,83)/t67?,68-,69-,70-/m1/s1. The molecule has 19 heteroatoms. The predicted octanol–water partition coefficient (Wildman–Crippen LogP) is 21.6. The van der Waals surface area contributed by atoms with Crippen molar-refractivity contribution >= 4 is 39.5 Å². The molecule has 0 radical (unpaired) electrons. The first kappa shape index (κ1) is 91.1. The molecule has 3 N–H and O–H groups in total. The zero-order valence-electron chi connectivity index (χ0n) is 60.6. The Hall–Kier alpha value is -1.94. The second-order valence-corrected chi connectivity index (χ2v) is 30.3. The van der Waals surface area contributed by atoms with Crippen molar-refractivity contribution in [1.29, 1.82) is 0 Å². The van der Waals surface area contributed by atoms with Crippen molar-refractivity contribution in [3.63, 3.8) is 0 Å². The fourth-order valence-corrected chi connectivity index (χ4v) is 12.8. The van der Waals surface area contributed by atoms with Gasteiger partial charge < -0.3 is 33.8 Å². The number of ether oxygens (including phenoxy) is 4. The molecule has 6 atom stereocenters. The van der Waals surface area contributed by atoms with E-state index in [2.05, 4.69) is 41.5 Å². The van der Waals surface area contributed by atoms with Crippen LogP contribution in [0.3, 0.4) is 0 Å². The Morgan fingerprint density at radius 2 is 0.548 bits per heavy atom. The van der Waals surface area contributed by atoms with Gasteiger partial charge in [0.1, 0.15) is 19.3 Å². The monoisotopic (exact) mass is 1370 g/mol. The molecular weight excluding hydrogens is 1220 g/mol. The van der Waals surface area contributed by atoms with Gasteiger partial charge in [0, 0.05) is 25.7 Å². The SMILES string of the molecule is CCCCCCCCCCCCCCCCCCCCCCCCC(=O)O[C@H](COC(=O)CCCCCCCCCCC(C)C)COP(=O)(O)OC[C@@H](O)COP(=O)(O)OC[C@@H](COC(=O)CCCCCCCCCCCC)OC(=O)CCCCCCCCC(C)CC. The third-order valence-corrected chi connectivity index (χ3v) is 19.5. The average molecular weight is 1370 g/mol. The van der Waals surface area contributed by atoms with Crippen molar-refractivity contribution in [3.8, 4) is 0 Å². The summed E-state index contributed by atoms with van der Waals surface area (Å²) in [5.74, 6) is -0.678. The summed E-state index contributed by atoms with van der Waals surface area (Å²) in [5, 5.41) is 10.6. The summed E-state index contributed by atoms with van der Waals surface area (Å²) in [5.41, 5.74) is 0. The topological polar surface area (TPSA) is 237 Å². The molecule has 0 amide bonds. The van der Waals surface area contributed by atoms with Crippen molar-refractivity contribution in [2.45, 2.75) is 400 Å². The second kappa shape index (κ2) is 66.0. The molecule has 0 aliphatic heterocycles. The Labute approximate surface area is 568 Å². The van der Waals surface area contributed by atoms with E-state index in [1.54, 1.807) is 0 Å². The van der Waals surface area contributed by atoms with E-state index in [-0.39, 0.29) is 25.7 Å². The number of esters is 4. The number of aliphatic hydroxyl groups is 1. The molecule has 0 heterocycles. The van der Waals surface area contributed by atoms with Gasteiger partial charge in [-0.2, -0.15) is 0 Å². The smallest absolute Gasteiger partial charge is 0.462 e. The molecule has 3 unspecified atom stereocenters. The van der Waals surface area contributed by atoms with E-state index in [9.17, 15) is 43.2 Å². The lowest BCUT2D eigenvalue weighted by molar-refractivity contribution is -0.161. The van der Waals surface area contributed by atoms with Gasteiger partial charge in [-0.3, -0.25) is 37.3 Å². The lowest BCUT2D eigenvalue weighted by Crippen LogP contribution is -2.30. The zero-order valence-corrected chi connectivity index (χ0v) is 62.3. The minimum atomic E-state index is -4.95. The summed E-state index contributed by atoms with van der Waals surface area (Å²) < 4.78 is 68.3. The Morgan fingerprint density at radius 1 is 0.312 bits per heavy atom. The molecule has 0 aliphatic carbocycles. The highest BCUT2D eigenvalue weighted by molar-refractivity contribution is 7.47. The fourth-order valence-electron chi connectivity index (χ4n) is 11.3. The van der Waals surface area contributed by atoms with Crippen LogP contribution in [0.15, 0.2) is 0 Å². The van der Waals surface area contributed by atoms with E-state index in [4.69, 9.17) is 37.0 Å². The van der Waals surface area contributed by atoms with Crippen LogP contribution in [0.4, 0.5) is 0 Å². The number of hydrogen-bond donors (Lipinski definition) is 3. The molecular formula is C74H144O17P2. The van der Waals surface area contributed by atoms with Crippen molar-refractivity contribution < 1.29 is 80.2 Å². The highest BCUT2D eigenvalue weighted by atomic mass is 31.2. The van der Waals surface area contributed by atoms with Crippen LogP contribution in [-0.2, 0) is 65.4 Å². The highest BCUT2D eigenvalue weighted by Gasteiger charge is 2.30. The van der Waals surface area contributed by atoms with Crippen LogP contribution in [-0.4, -0.2) is 96.7 Å². The molecule has 0 fully saturated rings. The van der Waals surface area contributed by atoms with Gasteiger partial charge in [0.05, 0.1) is 26.4 Å². The molecule has 0 saturated heterocycles. The molecule has 552 valence electrons. The van der Waals surface area contributed by atoms with Crippen LogP contribution < -0.4 is 0 Å². The number of phosphoric acid groups is 2. The maximum atomic E-state index is 13.0. The molecule has 17 nitrogen and oxygen atoms in total. The summed E-state index contributed by atoms with van der Waals surface area (Å²) >= 11 is 0. The zero-order chi connectivity index (χ0) is 68.6. The van der Waals surface area contributed by atoms with E-state index < -0.39 is 97.5 Å². The summed E-state index contributed by atoms with van der Waals surface area (Å²) in [6.45, 7) is 9.48. The van der Waals surface area contributed by atoms with E-state index in [0.29, 0.717) is 25.7 Å². The number of hydrogen-bond acceptors (Lipinski definition) is 15. The predicted molar refractivity (Wildman–Crippen MR) is 377 cm³/mol. The molecule has 0 aromatic carbocycles. The number of rotatable bonds is 73. The Kier molecular flexibility index (Phi) is 64.6. The molecule has 93 heavy (non-hydrogen) atoms. The first-order valence-corrected chi connectivity index (χ1v) is 41.5. The highest BCUT2D eigenvalue weighted by Crippen LogP contribution is 2.45. The van der Waals surface area contributed by atoms with Crippen LogP contribution in [0.2, 0.25) is 0 Å². The average Bonchev–Trinajstić information content (AvgIpc) is 1.69. The van der Waals surface area contributed by atoms with E-state index >= 15 is 0 Å². The second-order valence-electron chi connectivity index (χ2n) is 27.4. The van der Waals surface area contributed by atoms with Gasteiger partial charge in [-0.15, -0.1) is 0 Å². The van der Waals surface area contributed by atoms with Crippen LogP contribution in [0.25, 0.3) is 0 Å². The van der Waals surface area contributed by atoms with Gasteiger partial charge in [-0.25, -0.2) is 9.13 Å². The van der Waals surface area contributed by atoms with Crippen LogP contribution in [0, 0.1) is 11.8 Å². The molecule has 0 aliphatic rings. The first-order valence-electron chi connectivity index (χ1n) is 38.5. The van der Waals surface area contributed by atoms with Gasteiger partial charge in [-0.05, 0) is 37.5 Å². The largest absolute Gasteiger partial charge is 0.472 e. The van der Waals surface area contributed by atoms with Gasteiger partial charge in [0.25, 0.3) is 0 Å². The molecule has 0 aromatic rings. The van der Waals surface area contributed by atoms with Gasteiger partial charge in [-0.1, -0.05) is 330 Å². The minimum absolute atomic E-state index is 0.103. The lowest BCUT2D eigenvalue weighted by atomic mass is 10.00. The summed E-state index contributed by atoms with van der Waals surface area (Å²) in [4.78, 5) is 72.6. The van der Waals surface area contributed by atoms with Crippen LogP contribution in [0.1, 0.15) is 382 Å². The number of carbonyl (C=O) groups is 4. The molecule has 0 aromatic heterocycles. The molecule has 0 rings (SSSR count). The number of phosphoric ester groups is 2. The number of aliphatic hydroxyl groups excluding tert-OH is 1. The van der Waals surface area contributed by atoms with E-state index in [1.807, 2.05) is 0 Å². The van der Waals surface area contributed by atoms with Crippen molar-refractivity contribution in [1.82, 2.24) is 0 Å². The summed E-state index contributed by atoms with van der Waals surface area (Å²) in [7, 11) is -9.90. The van der Waals surface area contributed by atoms with Gasteiger partial charge >= 0.3 is 39.5 Å². The normalized spacial score (nSPS) is 14.3. The van der Waals surface area contributed by atoms with Gasteiger partial charge in [0.15, 0.2) is 12.2 Å². The van der Waals surface area contributed by atoms with E-state index in [0.717, 1.165) is 102 Å². The molecule has 0 bridgehead atoms.